The fourth-order valence-electron chi connectivity index (χ4n) is 9.67. The molecule has 0 radical (unpaired) electrons. The van der Waals surface area contributed by atoms with Crippen molar-refractivity contribution in [2.24, 2.45) is 0 Å². The Kier molecular flexibility index (Phi) is 6.38. The van der Waals surface area contributed by atoms with E-state index in [1.807, 2.05) is 0 Å². The Morgan fingerprint density at radius 3 is 0.862 bits per heavy atom. The molecule has 0 spiro atoms. The van der Waals surface area contributed by atoms with Gasteiger partial charge in [0.25, 0.3) is 0 Å². The third kappa shape index (κ3) is 4.38. The second-order valence-corrected chi connectivity index (χ2v) is 15.4. The summed E-state index contributed by atoms with van der Waals surface area (Å²) >= 11 is 0. The van der Waals surface area contributed by atoms with Gasteiger partial charge >= 0.3 is 0 Å². The van der Waals surface area contributed by atoms with Crippen LogP contribution in [0.1, 0.15) is 0 Å². The van der Waals surface area contributed by atoms with Crippen LogP contribution in [0.3, 0.4) is 0 Å². The number of hydrogen-bond donors (Lipinski definition) is 4. The lowest BCUT2D eigenvalue weighted by Crippen LogP contribution is -1.99. The van der Waals surface area contributed by atoms with E-state index in [2.05, 4.69) is 196 Å². The molecule has 5 heterocycles. The van der Waals surface area contributed by atoms with E-state index in [-0.39, 0.29) is 0 Å². The van der Waals surface area contributed by atoms with Crippen LogP contribution in [-0.4, -0.2) is 24.9 Å². The van der Waals surface area contributed by atoms with Crippen molar-refractivity contribution in [1.82, 2.24) is 24.9 Å². The molecule has 13 aromatic rings. The minimum atomic E-state index is 0.916. The third-order valence-electron chi connectivity index (χ3n) is 12.3. The average molecular weight is 740 g/mol. The molecule has 5 aromatic heterocycles. The van der Waals surface area contributed by atoms with Crippen LogP contribution in [0.5, 0.6) is 0 Å². The van der Waals surface area contributed by atoms with Crippen molar-refractivity contribution in [2.75, 3.05) is 0 Å². The fourth-order valence-corrected chi connectivity index (χ4v) is 9.67. The number of aromatic amines is 4. The summed E-state index contributed by atoms with van der Waals surface area (Å²) in [6, 6.07) is 63.2. The van der Waals surface area contributed by atoms with E-state index >= 15 is 0 Å². The molecule has 0 aliphatic carbocycles. The van der Waals surface area contributed by atoms with Gasteiger partial charge in [-0.05, 0) is 30.3 Å². The Labute approximate surface area is 331 Å². The summed E-state index contributed by atoms with van der Waals surface area (Å²) in [5, 5.41) is 9.54. The molecule has 5 nitrogen and oxygen atoms in total. The van der Waals surface area contributed by atoms with Crippen LogP contribution in [0.15, 0.2) is 176 Å². The van der Waals surface area contributed by atoms with E-state index in [0.717, 1.165) is 88.9 Å². The number of H-pyrrole nitrogens is 4. The summed E-state index contributed by atoms with van der Waals surface area (Å²) in [5.74, 6) is 0. The number of nitrogens with zero attached hydrogens (tertiary/aromatic N) is 1. The molecule has 0 unspecified atom stereocenters. The van der Waals surface area contributed by atoms with Gasteiger partial charge in [-0.3, -0.25) is 0 Å². The summed E-state index contributed by atoms with van der Waals surface area (Å²) in [4.78, 5) is 21.2. The molecule has 4 N–H and O–H groups in total. The Morgan fingerprint density at radius 1 is 0.241 bits per heavy atom. The first kappa shape index (κ1) is 31.3. The van der Waals surface area contributed by atoms with E-state index in [1.54, 1.807) is 0 Å². The number of fused-ring (bicyclic) bond motifs is 12. The molecule has 0 bridgehead atoms. The van der Waals surface area contributed by atoms with Gasteiger partial charge in [0.05, 0.1) is 33.5 Å². The summed E-state index contributed by atoms with van der Waals surface area (Å²) < 4.78 is 0. The molecule has 0 aliphatic rings. The molecule has 8 aromatic carbocycles. The number of hydrogen-bond acceptors (Lipinski definition) is 1. The van der Waals surface area contributed by atoms with Crippen LogP contribution in [-0.2, 0) is 0 Å². The minimum absolute atomic E-state index is 0.916. The maximum atomic E-state index is 5.96. The van der Waals surface area contributed by atoms with E-state index in [4.69, 9.17) is 4.98 Å². The summed E-state index contributed by atoms with van der Waals surface area (Å²) in [6.07, 6.45) is 0. The topological polar surface area (TPSA) is 76.0 Å². The van der Waals surface area contributed by atoms with Gasteiger partial charge in [-0.1, -0.05) is 146 Å². The predicted molar refractivity (Wildman–Crippen MR) is 243 cm³/mol. The van der Waals surface area contributed by atoms with Crippen molar-refractivity contribution in [3.63, 3.8) is 0 Å². The average Bonchev–Trinajstić information content (AvgIpc) is 4.06. The first-order valence-corrected chi connectivity index (χ1v) is 19.8. The fraction of sp³-hybridized carbons (Fsp3) is 0. The lowest BCUT2D eigenvalue weighted by molar-refractivity contribution is 1.32. The normalized spacial score (nSPS) is 12.1. The monoisotopic (exact) mass is 739 g/mol. The van der Waals surface area contributed by atoms with Crippen molar-refractivity contribution in [1.29, 1.82) is 0 Å². The maximum Gasteiger partial charge on any atom is 0.0810 e. The maximum absolute atomic E-state index is 5.96. The second-order valence-electron chi connectivity index (χ2n) is 15.4. The van der Waals surface area contributed by atoms with Crippen LogP contribution in [0.25, 0.3) is 132 Å². The molecule has 5 heteroatoms. The van der Waals surface area contributed by atoms with Gasteiger partial charge in [0, 0.05) is 98.5 Å². The standard InChI is InChI=1S/C53H33N5/c1-5-25-44-30(13-1)34-17-9-21-38(48(34)54-44)42-29-43(39-22-10-18-35-31-14-2-6-26-45(31)55-49(35)39)53(41-24-12-20-37-33-16-4-8-28-47(33)57-51(37)41)58-52(42)40-23-11-19-36-32-15-3-7-27-46(32)56-50(36)40/h1-29,54-57H. The highest BCUT2D eigenvalue weighted by molar-refractivity contribution is 6.19. The van der Waals surface area contributed by atoms with Gasteiger partial charge in [-0.25, -0.2) is 4.98 Å². The van der Waals surface area contributed by atoms with E-state index < -0.39 is 0 Å². The van der Waals surface area contributed by atoms with E-state index in [0.29, 0.717) is 0 Å². The number of aromatic nitrogens is 5. The minimum Gasteiger partial charge on any atom is -0.354 e. The Morgan fingerprint density at radius 2 is 0.517 bits per heavy atom. The summed E-state index contributed by atoms with van der Waals surface area (Å²) in [7, 11) is 0. The zero-order valence-electron chi connectivity index (χ0n) is 31.2. The molecule has 0 amide bonds. The van der Waals surface area contributed by atoms with E-state index in [9.17, 15) is 0 Å². The molecular weight excluding hydrogens is 707 g/mol. The largest absolute Gasteiger partial charge is 0.354 e. The number of benzene rings is 8. The highest BCUT2D eigenvalue weighted by atomic mass is 14.8. The second kappa shape index (κ2) is 11.8. The third-order valence-corrected chi connectivity index (χ3v) is 12.3. The quantitative estimate of drug-likeness (QED) is 0.143. The Bertz CT molecular complexity index is 3320. The van der Waals surface area contributed by atoms with Gasteiger partial charge in [-0.2, -0.15) is 0 Å². The molecule has 0 aliphatic heterocycles. The smallest absolute Gasteiger partial charge is 0.0810 e. The lowest BCUT2D eigenvalue weighted by Gasteiger charge is -2.19. The van der Waals surface area contributed by atoms with Crippen molar-refractivity contribution in [3.05, 3.63) is 176 Å². The number of rotatable bonds is 4. The zero-order valence-corrected chi connectivity index (χ0v) is 31.2. The van der Waals surface area contributed by atoms with Crippen molar-refractivity contribution in [2.45, 2.75) is 0 Å². The predicted octanol–water partition coefficient (Wildman–Crippen LogP) is 14.3. The molecule has 0 saturated heterocycles. The van der Waals surface area contributed by atoms with Gasteiger partial charge in [-0.15, -0.1) is 0 Å². The Hall–Kier alpha value is -7.89. The van der Waals surface area contributed by atoms with Crippen molar-refractivity contribution in [3.8, 4) is 44.8 Å². The number of pyridine rings is 1. The first-order chi connectivity index (χ1) is 28.8. The molecule has 0 saturated carbocycles. The first-order valence-electron chi connectivity index (χ1n) is 19.8. The van der Waals surface area contributed by atoms with Crippen LogP contribution < -0.4 is 0 Å². The summed E-state index contributed by atoms with van der Waals surface area (Å²) in [5.41, 5.74) is 17.0. The Balaban J connectivity index is 1.22. The van der Waals surface area contributed by atoms with Crippen LogP contribution in [0.2, 0.25) is 0 Å². The van der Waals surface area contributed by atoms with Crippen LogP contribution in [0, 0.1) is 0 Å². The van der Waals surface area contributed by atoms with Crippen LogP contribution >= 0.6 is 0 Å². The summed E-state index contributed by atoms with van der Waals surface area (Å²) in [6.45, 7) is 0. The molecule has 0 atom stereocenters. The van der Waals surface area contributed by atoms with Crippen molar-refractivity contribution < 1.29 is 0 Å². The van der Waals surface area contributed by atoms with Crippen LogP contribution in [0.4, 0.5) is 0 Å². The number of para-hydroxylation sites is 8. The lowest BCUT2D eigenvalue weighted by atomic mass is 9.89. The molecule has 13 rings (SSSR count). The molecular formula is C53H33N5. The molecule has 58 heavy (non-hydrogen) atoms. The van der Waals surface area contributed by atoms with Gasteiger partial charge in [0.1, 0.15) is 0 Å². The molecule has 0 fully saturated rings. The van der Waals surface area contributed by atoms with Gasteiger partial charge in [0.15, 0.2) is 0 Å². The SMILES string of the molecule is c1ccc2c(c1)[nH]c1c(-c3cc(-c4cccc5c4[nH]c4ccccc45)c(-c4cccc5c4[nH]c4ccccc45)nc3-c3cccc4c3[nH]c3ccccc34)cccc12. The van der Waals surface area contributed by atoms with E-state index in [1.165, 1.54) is 43.1 Å². The highest BCUT2D eigenvalue weighted by Crippen LogP contribution is 2.47. The zero-order chi connectivity index (χ0) is 37.9. The molecule has 270 valence electrons. The van der Waals surface area contributed by atoms with Gasteiger partial charge in [0.2, 0.25) is 0 Å². The highest BCUT2D eigenvalue weighted by Gasteiger charge is 2.25. The number of nitrogens with one attached hydrogen (secondary N) is 4. The van der Waals surface area contributed by atoms with Gasteiger partial charge < -0.3 is 19.9 Å². The van der Waals surface area contributed by atoms with Crippen molar-refractivity contribution >= 4 is 87.2 Å².